The van der Waals surface area contributed by atoms with Gasteiger partial charge in [0.15, 0.2) is 6.29 Å². The predicted octanol–water partition coefficient (Wildman–Crippen LogP) is 1.03. The molecular formula is C14H19ClN2O6. The third kappa shape index (κ3) is 5.27. The van der Waals surface area contributed by atoms with Crippen LogP contribution in [-0.2, 0) is 19.1 Å². The van der Waals surface area contributed by atoms with E-state index in [-0.39, 0.29) is 12.2 Å². The Morgan fingerprint density at radius 3 is 2.17 bits per heavy atom. The molecule has 1 aromatic rings. The molecule has 0 radical (unpaired) electrons. The SMILES string of the molecule is COc1cc(NC(=O)C(=O)NCC(OC)OC)c(OC)cc1Cl. The van der Waals surface area contributed by atoms with Crippen LogP contribution in [0.2, 0.25) is 5.02 Å². The highest BCUT2D eigenvalue weighted by molar-refractivity contribution is 6.40. The van der Waals surface area contributed by atoms with E-state index in [1.165, 1.54) is 40.6 Å². The molecule has 128 valence electrons. The number of nitrogens with one attached hydrogen (secondary N) is 2. The fourth-order valence-electron chi connectivity index (χ4n) is 1.66. The van der Waals surface area contributed by atoms with Gasteiger partial charge in [0.05, 0.1) is 31.5 Å². The van der Waals surface area contributed by atoms with Gasteiger partial charge in [0.25, 0.3) is 0 Å². The molecule has 0 saturated heterocycles. The maximum absolute atomic E-state index is 11.9. The van der Waals surface area contributed by atoms with E-state index in [0.29, 0.717) is 16.5 Å². The number of methoxy groups -OCH3 is 4. The number of hydrogen-bond donors (Lipinski definition) is 2. The molecule has 0 spiro atoms. The standard InChI is InChI=1S/C14H19ClN2O6/c1-20-10-6-9(11(21-2)5-8(10)15)17-14(19)13(18)16-7-12(22-3)23-4/h5-6,12H,7H2,1-4H3,(H,16,18)(H,17,19). The largest absolute Gasteiger partial charge is 0.495 e. The fourth-order valence-corrected chi connectivity index (χ4v) is 1.89. The molecular weight excluding hydrogens is 328 g/mol. The molecule has 2 N–H and O–H groups in total. The van der Waals surface area contributed by atoms with Crippen molar-refractivity contribution in [2.75, 3.05) is 40.3 Å². The van der Waals surface area contributed by atoms with Gasteiger partial charge in [-0.3, -0.25) is 9.59 Å². The van der Waals surface area contributed by atoms with E-state index in [0.717, 1.165) is 0 Å². The predicted molar refractivity (Wildman–Crippen MR) is 84.0 cm³/mol. The topological polar surface area (TPSA) is 95.1 Å². The number of ether oxygens (including phenoxy) is 4. The lowest BCUT2D eigenvalue weighted by Crippen LogP contribution is -2.40. The third-order valence-corrected chi connectivity index (χ3v) is 3.18. The molecule has 0 aliphatic rings. The summed E-state index contributed by atoms with van der Waals surface area (Å²) in [5, 5.41) is 5.12. The minimum absolute atomic E-state index is 0.0281. The summed E-state index contributed by atoms with van der Waals surface area (Å²) in [7, 11) is 5.69. The van der Waals surface area contributed by atoms with Crippen molar-refractivity contribution in [1.29, 1.82) is 0 Å². The van der Waals surface area contributed by atoms with Gasteiger partial charge in [-0.2, -0.15) is 0 Å². The molecule has 8 nitrogen and oxygen atoms in total. The van der Waals surface area contributed by atoms with Crippen molar-refractivity contribution < 1.29 is 28.5 Å². The van der Waals surface area contributed by atoms with Gasteiger partial charge in [-0.25, -0.2) is 0 Å². The Balaban J connectivity index is 2.78. The van der Waals surface area contributed by atoms with Gasteiger partial charge in [0.1, 0.15) is 11.5 Å². The van der Waals surface area contributed by atoms with Crippen molar-refractivity contribution in [3.63, 3.8) is 0 Å². The highest BCUT2D eigenvalue weighted by Crippen LogP contribution is 2.35. The van der Waals surface area contributed by atoms with Crippen LogP contribution < -0.4 is 20.1 Å². The highest BCUT2D eigenvalue weighted by Gasteiger charge is 2.19. The van der Waals surface area contributed by atoms with Crippen molar-refractivity contribution >= 4 is 29.1 Å². The molecule has 0 atom stereocenters. The zero-order chi connectivity index (χ0) is 17.4. The number of hydrogen-bond acceptors (Lipinski definition) is 6. The van der Waals surface area contributed by atoms with Crippen molar-refractivity contribution in [1.82, 2.24) is 5.32 Å². The van der Waals surface area contributed by atoms with Gasteiger partial charge in [-0.1, -0.05) is 11.6 Å². The summed E-state index contributed by atoms with van der Waals surface area (Å²) in [6.07, 6.45) is -0.642. The number of carbonyl (C=O) groups is 2. The van der Waals surface area contributed by atoms with E-state index >= 15 is 0 Å². The number of halogens is 1. The first-order chi connectivity index (χ1) is 11.0. The zero-order valence-electron chi connectivity index (χ0n) is 13.3. The molecule has 0 aromatic heterocycles. The number of benzene rings is 1. The number of anilines is 1. The first-order valence-corrected chi connectivity index (χ1v) is 6.90. The molecule has 0 aliphatic heterocycles. The van der Waals surface area contributed by atoms with E-state index in [9.17, 15) is 9.59 Å². The average molecular weight is 347 g/mol. The third-order valence-electron chi connectivity index (χ3n) is 2.88. The molecule has 9 heteroatoms. The van der Waals surface area contributed by atoms with E-state index in [2.05, 4.69) is 10.6 Å². The molecule has 0 heterocycles. The van der Waals surface area contributed by atoms with Gasteiger partial charge in [-0.15, -0.1) is 0 Å². The van der Waals surface area contributed by atoms with Gasteiger partial charge < -0.3 is 29.6 Å². The quantitative estimate of drug-likeness (QED) is 0.565. The molecule has 2 amide bonds. The van der Waals surface area contributed by atoms with Gasteiger partial charge in [0, 0.05) is 26.4 Å². The molecule has 23 heavy (non-hydrogen) atoms. The molecule has 0 saturated carbocycles. The highest BCUT2D eigenvalue weighted by atomic mass is 35.5. The zero-order valence-corrected chi connectivity index (χ0v) is 14.0. The lowest BCUT2D eigenvalue weighted by molar-refractivity contribution is -0.139. The summed E-state index contributed by atoms with van der Waals surface area (Å²) < 4.78 is 20.0. The molecule has 1 aromatic carbocycles. The van der Waals surface area contributed by atoms with Gasteiger partial charge in [-0.05, 0) is 0 Å². The Morgan fingerprint density at radius 2 is 1.65 bits per heavy atom. The van der Waals surface area contributed by atoms with Crippen molar-refractivity contribution in [3.05, 3.63) is 17.2 Å². The summed E-state index contributed by atoms with van der Waals surface area (Å²) in [4.78, 5) is 23.7. The Bertz CT molecular complexity index is 562. The molecule has 0 bridgehead atoms. The van der Waals surface area contributed by atoms with E-state index in [1.807, 2.05) is 0 Å². The molecule has 0 aliphatic carbocycles. The van der Waals surface area contributed by atoms with Crippen LogP contribution in [0.15, 0.2) is 12.1 Å². The number of amides is 2. The smallest absolute Gasteiger partial charge is 0.313 e. The van der Waals surface area contributed by atoms with Crippen LogP contribution in [0.25, 0.3) is 0 Å². The maximum atomic E-state index is 11.9. The van der Waals surface area contributed by atoms with Crippen LogP contribution in [0.5, 0.6) is 11.5 Å². The lowest BCUT2D eigenvalue weighted by atomic mass is 10.2. The molecule has 1 rings (SSSR count). The van der Waals surface area contributed by atoms with Crippen LogP contribution in [0.1, 0.15) is 0 Å². The Hall–Kier alpha value is -2.03. The van der Waals surface area contributed by atoms with Crippen molar-refractivity contribution in [2.45, 2.75) is 6.29 Å². The second-order valence-electron chi connectivity index (χ2n) is 4.25. The number of carbonyl (C=O) groups excluding carboxylic acids is 2. The second-order valence-corrected chi connectivity index (χ2v) is 4.66. The average Bonchev–Trinajstić information content (AvgIpc) is 2.56. The van der Waals surface area contributed by atoms with Crippen LogP contribution in [0.4, 0.5) is 5.69 Å². The van der Waals surface area contributed by atoms with Crippen LogP contribution in [0.3, 0.4) is 0 Å². The summed E-state index contributed by atoms with van der Waals surface area (Å²) in [6, 6.07) is 2.93. The Kier molecular flexibility index (Phi) is 7.60. The fraction of sp³-hybridized carbons (Fsp3) is 0.429. The summed E-state index contributed by atoms with van der Waals surface area (Å²) in [5.74, 6) is -1.09. The summed E-state index contributed by atoms with van der Waals surface area (Å²) in [5.41, 5.74) is 0.254. The second kappa shape index (κ2) is 9.19. The monoisotopic (exact) mass is 346 g/mol. The first kappa shape index (κ1) is 19.0. The van der Waals surface area contributed by atoms with E-state index in [4.69, 9.17) is 30.5 Å². The minimum Gasteiger partial charge on any atom is -0.495 e. The Labute approximate surface area is 139 Å². The maximum Gasteiger partial charge on any atom is 0.313 e. The van der Waals surface area contributed by atoms with Crippen LogP contribution in [0, 0.1) is 0 Å². The van der Waals surface area contributed by atoms with Gasteiger partial charge in [0.2, 0.25) is 0 Å². The van der Waals surface area contributed by atoms with E-state index in [1.54, 1.807) is 0 Å². The Morgan fingerprint density at radius 1 is 1.04 bits per heavy atom. The van der Waals surface area contributed by atoms with Crippen molar-refractivity contribution in [3.8, 4) is 11.5 Å². The van der Waals surface area contributed by atoms with Crippen molar-refractivity contribution in [2.24, 2.45) is 0 Å². The molecule has 0 fully saturated rings. The molecule has 0 unspecified atom stereocenters. The van der Waals surface area contributed by atoms with E-state index < -0.39 is 18.1 Å². The summed E-state index contributed by atoms with van der Waals surface area (Å²) >= 11 is 5.97. The van der Waals surface area contributed by atoms with Crippen LogP contribution >= 0.6 is 11.6 Å². The lowest BCUT2D eigenvalue weighted by Gasteiger charge is -2.15. The normalized spacial score (nSPS) is 10.3. The number of rotatable bonds is 7. The first-order valence-electron chi connectivity index (χ1n) is 6.53. The van der Waals surface area contributed by atoms with Gasteiger partial charge >= 0.3 is 11.8 Å². The summed E-state index contributed by atoms with van der Waals surface area (Å²) in [6.45, 7) is 0.0281. The van der Waals surface area contributed by atoms with Crippen LogP contribution in [-0.4, -0.2) is 53.1 Å². The minimum atomic E-state index is -0.876.